The van der Waals surface area contributed by atoms with E-state index in [1.807, 2.05) is 0 Å². The van der Waals surface area contributed by atoms with Crippen molar-refractivity contribution >= 4 is 0 Å². The molecule has 0 saturated carbocycles. The van der Waals surface area contributed by atoms with E-state index in [9.17, 15) is 4.39 Å². The van der Waals surface area contributed by atoms with Gasteiger partial charge in [-0.2, -0.15) is 0 Å². The largest absolute Gasteiger partial charge is 0.392 e. The summed E-state index contributed by atoms with van der Waals surface area (Å²) >= 11 is 0. The Morgan fingerprint density at radius 2 is 2.40 bits per heavy atom. The van der Waals surface area contributed by atoms with Crippen molar-refractivity contribution in [1.29, 1.82) is 0 Å². The van der Waals surface area contributed by atoms with Gasteiger partial charge in [0.25, 0.3) is 0 Å². The van der Waals surface area contributed by atoms with Gasteiger partial charge in [0.05, 0.1) is 9.30 Å². The van der Waals surface area contributed by atoms with Crippen LogP contribution in [-0.4, -0.2) is 5.11 Å². The molecule has 54 valence electrons. The van der Waals surface area contributed by atoms with Crippen LogP contribution < -0.4 is 0 Å². The van der Waals surface area contributed by atoms with E-state index in [0.717, 1.165) is 0 Å². The number of aliphatic hydroxyl groups is 1. The predicted octanol–water partition coefficient (Wildman–Crippen LogP) is 1.63. The number of hydrogen-bond donors (Lipinski definition) is 1. The number of rotatable bonds is 1. The van der Waals surface area contributed by atoms with E-state index in [4.69, 9.17) is 7.85 Å². The highest BCUT2D eigenvalue weighted by atomic mass is 19.1. The van der Waals surface area contributed by atoms with E-state index in [2.05, 4.69) is 0 Å². The summed E-state index contributed by atoms with van der Waals surface area (Å²) in [5.74, 6) is -0.509. The van der Waals surface area contributed by atoms with Crippen molar-refractivity contribution in [2.24, 2.45) is 0 Å². The molecule has 1 aromatic rings. The summed E-state index contributed by atoms with van der Waals surface area (Å²) in [5, 5.41) is 8.96. The molecule has 0 saturated heterocycles. The highest BCUT2D eigenvalue weighted by Gasteiger charge is 1.99. The molecule has 0 heterocycles. The molecule has 0 aromatic heterocycles. The molecule has 0 spiro atoms. The van der Waals surface area contributed by atoms with Gasteiger partial charge in [0, 0.05) is 0 Å². The average Bonchev–Trinajstić information content (AvgIpc) is 1.92. The van der Waals surface area contributed by atoms with E-state index in [-0.39, 0.29) is 11.1 Å². The summed E-state index contributed by atoms with van der Waals surface area (Å²) in [6, 6.07) is 3.95. The van der Waals surface area contributed by atoms with Crippen LogP contribution >= 0.6 is 0 Å². The Morgan fingerprint density at radius 3 is 2.90 bits per heavy atom. The van der Waals surface area contributed by atoms with Crippen molar-refractivity contribution in [2.75, 3.05) is 0 Å². The molecule has 0 unspecified atom stereocenters. The second kappa shape index (κ2) is 2.80. The maximum atomic E-state index is 12.8. The average molecular weight is 142 g/mol. The van der Waals surface area contributed by atoms with Crippen LogP contribution in [0.4, 0.5) is 4.39 Å². The first kappa shape index (κ1) is 4.85. The topological polar surface area (TPSA) is 20.2 Å². The summed E-state index contributed by atoms with van der Waals surface area (Å²) in [6.07, 6.45) is 0. The number of hydrogen-bond acceptors (Lipinski definition) is 1. The third kappa shape index (κ3) is 1.16. The Labute approximate surface area is 61.9 Å². The molecule has 0 aliphatic rings. The van der Waals surface area contributed by atoms with Gasteiger partial charge < -0.3 is 5.11 Å². The predicted molar refractivity (Wildman–Crippen MR) is 37.1 cm³/mol. The molecule has 1 aromatic carbocycles. The Hall–Kier alpha value is -0.890. The molecular weight excluding hydrogens is 131 g/mol. The summed E-state index contributed by atoms with van der Waals surface area (Å²) in [5.41, 5.74) is 0.118. The molecule has 0 aliphatic heterocycles. The van der Waals surface area contributed by atoms with Gasteiger partial charge in [-0.3, -0.25) is 0 Å². The van der Waals surface area contributed by atoms with Gasteiger partial charge in [-0.05, 0) is 24.1 Å². The van der Waals surface area contributed by atoms with Gasteiger partial charge in [0.2, 0.25) is 0 Å². The molecule has 1 N–H and O–H groups in total. The SMILES string of the molecule is [2H]C([2H])(O)c1cccc(F)c1C. The standard InChI is InChI=1S/C8H9FO/c1-6-7(5-10)3-2-4-8(6)9/h2-4,10H,5H2,1H3/i5D2. The Bertz CT molecular complexity index is 294. The van der Waals surface area contributed by atoms with Gasteiger partial charge in [0.15, 0.2) is 0 Å². The Balaban J connectivity index is 3.26. The first-order valence-electron chi connectivity index (χ1n) is 3.91. The molecule has 0 aliphatic carbocycles. The quantitative estimate of drug-likeness (QED) is 0.631. The van der Waals surface area contributed by atoms with E-state index >= 15 is 0 Å². The van der Waals surface area contributed by atoms with Crippen molar-refractivity contribution in [1.82, 2.24) is 0 Å². The number of benzene rings is 1. The molecular formula is C8H9FO. The van der Waals surface area contributed by atoms with Crippen LogP contribution in [0, 0.1) is 12.7 Å². The van der Waals surface area contributed by atoms with Gasteiger partial charge in [-0.15, -0.1) is 0 Å². The van der Waals surface area contributed by atoms with Crippen molar-refractivity contribution in [2.45, 2.75) is 13.5 Å². The van der Waals surface area contributed by atoms with Crippen LogP contribution in [-0.2, 0) is 6.56 Å². The van der Waals surface area contributed by atoms with Crippen molar-refractivity contribution in [3.05, 3.63) is 35.1 Å². The maximum Gasteiger partial charge on any atom is 0.126 e. The van der Waals surface area contributed by atoms with Crippen LogP contribution in [0.5, 0.6) is 0 Å². The normalized spacial score (nSPS) is 14.3. The minimum atomic E-state index is -2.47. The van der Waals surface area contributed by atoms with E-state index < -0.39 is 12.4 Å². The smallest absolute Gasteiger partial charge is 0.126 e. The molecule has 10 heavy (non-hydrogen) atoms. The zero-order valence-corrected chi connectivity index (χ0v) is 5.56. The van der Waals surface area contributed by atoms with Gasteiger partial charge in [-0.25, -0.2) is 4.39 Å². The van der Waals surface area contributed by atoms with Crippen molar-refractivity contribution in [3.63, 3.8) is 0 Å². The zero-order valence-electron chi connectivity index (χ0n) is 7.56. The summed E-state index contributed by atoms with van der Waals surface area (Å²) in [7, 11) is 0. The van der Waals surface area contributed by atoms with Crippen LogP contribution in [0.1, 0.15) is 13.9 Å². The highest BCUT2D eigenvalue weighted by molar-refractivity contribution is 5.26. The Morgan fingerprint density at radius 1 is 1.70 bits per heavy atom. The lowest BCUT2D eigenvalue weighted by Crippen LogP contribution is -1.90. The van der Waals surface area contributed by atoms with Crippen LogP contribution in [0.3, 0.4) is 0 Å². The molecule has 0 atom stereocenters. The Kier molecular flexibility index (Phi) is 1.36. The third-order valence-corrected chi connectivity index (χ3v) is 1.39. The second-order valence-corrected chi connectivity index (χ2v) is 2.02. The van der Waals surface area contributed by atoms with Crippen molar-refractivity contribution < 1.29 is 12.2 Å². The molecule has 0 bridgehead atoms. The molecule has 1 nitrogen and oxygen atoms in total. The molecule has 1 rings (SSSR count). The molecule has 0 amide bonds. The summed E-state index contributed by atoms with van der Waals surface area (Å²) in [6.45, 7) is -1.04. The number of halogens is 1. The first-order valence-corrected chi connectivity index (χ1v) is 2.91. The first-order chi connectivity index (χ1) is 5.43. The van der Waals surface area contributed by atoms with Gasteiger partial charge in [0.1, 0.15) is 5.82 Å². The van der Waals surface area contributed by atoms with Gasteiger partial charge in [-0.1, -0.05) is 12.1 Å². The molecule has 0 fully saturated rings. The van der Waals surface area contributed by atoms with Crippen LogP contribution in [0.2, 0.25) is 0 Å². The fourth-order valence-corrected chi connectivity index (χ4v) is 0.729. The lowest BCUT2D eigenvalue weighted by molar-refractivity contribution is 0.280. The molecule has 2 heteroatoms. The van der Waals surface area contributed by atoms with Gasteiger partial charge >= 0.3 is 0 Å². The third-order valence-electron chi connectivity index (χ3n) is 1.39. The summed E-state index contributed by atoms with van der Waals surface area (Å²) < 4.78 is 26.8. The minimum absolute atomic E-state index is 0.0255. The molecule has 0 radical (unpaired) electrons. The minimum Gasteiger partial charge on any atom is -0.392 e. The lowest BCUT2D eigenvalue weighted by atomic mass is 10.1. The lowest BCUT2D eigenvalue weighted by Gasteiger charge is -2.00. The zero-order chi connectivity index (χ0) is 9.35. The maximum absolute atomic E-state index is 12.8. The summed E-state index contributed by atoms with van der Waals surface area (Å²) in [4.78, 5) is 0. The fourth-order valence-electron chi connectivity index (χ4n) is 0.729. The van der Waals surface area contributed by atoms with Crippen LogP contribution in [0.15, 0.2) is 18.2 Å². The van der Waals surface area contributed by atoms with E-state index in [1.165, 1.54) is 25.1 Å². The fraction of sp³-hybridized carbons (Fsp3) is 0.250. The van der Waals surface area contributed by atoms with Crippen molar-refractivity contribution in [3.8, 4) is 0 Å². The van der Waals surface area contributed by atoms with E-state index in [1.54, 1.807) is 0 Å². The van der Waals surface area contributed by atoms with E-state index in [0.29, 0.717) is 0 Å². The monoisotopic (exact) mass is 142 g/mol. The second-order valence-electron chi connectivity index (χ2n) is 2.02. The highest BCUT2D eigenvalue weighted by Crippen LogP contribution is 2.10. The van der Waals surface area contributed by atoms with Crippen LogP contribution in [0.25, 0.3) is 0 Å².